The van der Waals surface area contributed by atoms with Crippen LogP contribution in [0.1, 0.15) is 0 Å². The molecular formula is C41H27N3O2. The van der Waals surface area contributed by atoms with Crippen molar-refractivity contribution in [3.63, 3.8) is 0 Å². The Balaban J connectivity index is 1.23. The van der Waals surface area contributed by atoms with Gasteiger partial charge in [0.1, 0.15) is 11.5 Å². The number of aromatic nitrogens is 3. The Kier molecular flexibility index (Phi) is 6.13. The molecule has 5 heteroatoms. The molecule has 0 amide bonds. The molecular weight excluding hydrogens is 566 g/mol. The predicted octanol–water partition coefficient (Wildman–Crippen LogP) is 9.97. The van der Waals surface area contributed by atoms with Gasteiger partial charge in [-0.2, -0.15) is 0 Å². The first-order valence-electron chi connectivity index (χ1n) is 15.3. The standard InChI is InChI=1S/C41H27N3O2/c1-3-7-38-34(5-1)35-6-2-4-8-39(35)44(38)33-10-12-41-37(25-33)36-24-29(9-11-40(36)45-26-46-41)32-22-30(27-13-17-42-18-14-27)21-31(23-32)28-15-19-43-20-16-28/h1-25H,26H2. The molecule has 46 heavy (non-hydrogen) atoms. The Hall–Kier alpha value is -6.20. The molecule has 0 N–H and O–H groups in total. The molecule has 0 saturated heterocycles. The van der Waals surface area contributed by atoms with Crippen LogP contribution in [0.15, 0.2) is 152 Å². The summed E-state index contributed by atoms with van der Waals surface area (Å²) < 4.78 is 14.6. The average Bonchev–Trinajstić information content (AvgIpc) is 3.35. The van der Waals surface area contributed by atoms with Crippen molar-refractivity contribution in [2.75, 3.05) is 6.79 Å². The molecule has 0 bridgehead atoms. The van der Waals surface area contributed by atoms with E-state index in [1.165, 1.54) is 21.8 Å². The lowest BCUT2D eigenvalue weighted by molar-refractivity contribution is 0.125. The van der Waals surface area contributed by atoms with E-state index in [1.54, 1.807) is 0 Å². The summed E-state index contributed by atoms with van der Waals surface area (Å²) >= 11 is 0. The SMILES string of the molecule is c1ccc2c(c1)c1ccccc1n2-c1ccc2c(c1)-c1cc(-c3cc(-c4ccncc4)cc(-c4ccncc4)c3)ccc1OCO2. The minimum atomic E-state index is 0.151. The summed E-state index contributed by atoms with van der Waals surface area (Å²) in [4.78, 5) is 8.47. The maximum absolute atomic E-state index is 6.14. The first-order valence-corrected chi connectivity index (χ1v) is 15.3. The van der Waals surface area contributed by atoms with E-state index in [0.717, 1.165) is 61.7 Å². The highest BCUT2D eigenvalue weighted by atomic mass is 16.7. The number of hydrogen-bond donors (Lipinski definition) is 0. The van der Waals surface area contributed by atoms with Gasteiger partial charge in [-0.3, -0.25) is 9.97 Å². The van der Waals surface area contributed by atoms with Gasteiger partial charge in [0, 0.05) is 52.4 Å². The Morgan fingerprint density at radius 2 is 0.935 bits per heavy atom. The molecule has 1 aliphatic heterocycles. The zero-order valence-corrected chi connectivity index (χ0v) is 24.8. The minimum absolute atomic E-state index is 0.151. The number of hydrogen-bond acceptors (Lipinski definition) is 4. The Morgan fingerprint density at radius 1 is 0.435 bits per heavy atom. The smallest absolute Gasteiger partial charge is 0.230 e. The fraction of sp³-hybridized carbons (Fsp3) is 0.0244. The third-order valence-corrected chi connectivity index (χ3v) is 8.79. The van der Waals surface area contributed by atoms with E-state index in [0.29, 0.717) is 0 Å². The van der Waals surface area contributed by atoms with E-state index in [2.05, 4.69) is 118 Å². The van der Waals surface area contributed by atoms with Gasteiger partial charge < -0.3 is 14.0 Å². The summed E-state index contributed by atoms with van der Waals surface area (Å²) in [5.74, 6) is 1.59. The van der Waals surface area contributed by atoms with Gasteiger partial charge in [-0.1, -0.05) is 42.5 Å². The Bertz CT molecular complexity index is 2290. The second-order valence-electron chi connectivity index (χ2n) is 11.4. The quantitative estimate of drug-likeness (QED) is 0.204. The van der Waals surface area contributed by atoms with Crippen LogP contribution in [0, 0.1) is 0 Å². The Morgan fingerprint density at radius 3 is 1.52 bits per heavy atom. The lowest BCUT2D eigenvalue weighted by Crippen LogP contribution is -2.03. The van der Waals surface area contributed by atoms with Crippen molar-refractivity contribution in [1.29, 1.82) is 0 Å². The van der Waals surface area contributed by atoms with Gasteiger partial charge in [0.05, 0.1) is 11.0 Å². The van der Waals surface area contributed by atoms with Gasteiger partial charge in [-0.25, -0.2) is 0 Å². The molecule has 0 unspecified atom stereocenters. The van der Waals surface area contributed by atoms with Gasteiger partial charge in [-0.05, 0) is 118 Å². The Labute approximate surface area is 266 Å². The molecule has 0 radical (unpaired) electrons. The highest BCUT2D eigenvalue weighted by molar-refractivity contribution is 6.09. The summed E-state index contributed by atoms with van der Waals surface area (Å²) in [6, 6.07) is 44.9. The molecule has 1 aliphatic rings. The summed E-state index contributed by atoms with van der Waals surface area (Å²) in [6.07, 6.45) is 7.33. The summed E-state index contributed by atoms with van der Waals surface area (Å²) in [5, 5.41) is 2.46. The zero-order valence-electron chi connectivity index (χ0n) is 24.8. The predicted molar refractivity (Wildman–Crippen MR) is 184 cm³/mol. The molecule has 3 aromatic heterocycles. The number of pyridine rings is 2. The number of para-hydroxylation sites is 2. The number of nitrogens with zero attached hydrogens (tertiary/aromatic N) is 3. The fourth-order valence-corrected chi connectivity index (χ4v) is 6.61. The van der Waals surface area contributed by atoms with Crippen molar-refractivity contribution in [2.45, 2.75) is 0 Å². The number of benzene rings is 5. The fourth-order valence-electron chi connectivity index (χ4n) is 6.61. The number of fused-ring (bicyclic) bond motifs is 6. The largest absolute Gasteiger partial charge is 0.457 e. The van der Waals surface area contributed by atoms with Gasteiger partial charge in [0.15, 0.2) is 0 Å². The number of ether oxygens (including phenoxy) is 2. The molecule has 8 aromatic rings. The van der Waals surface area contributed by atoms with Crippen molar-refractivity contribution < 1.29 is 9.47 Å². The van der Waals surface area contributed by atoms with Crippen LogP contribution < -0.4 is 9.47 Å². The van der Waals surface area contributed by atoms with Crippen LogP contribution >= 0.6 is 0 Å². The molecule has 0 aliphatic carbocycles. The van der Waals surface area contributed by atoms with Gasteiger partial charge in [0.2, 0.25) is 6.79 Å². The van der Waals surface area contributed by atoms with E-state index < -0.39 is 0 Å². The van der Waals surface area contributed by atoms with Crippen molar-refractivity contribution in [1.82, 2.24) is 14.5 Å². The van der Waals surface area contributed by atoms with E-state index >= 15 is 0 Å². The molecule has 5 nitrogen and oxygen atoms in total. The lowest BCUT2D eigenvalue weighted by Gasteiger charge is -2.15. The monoisotopic (exact) mass is 593 g/mol. The van der Waals surface area contributed by atoms with Crippen LogP contribution in [-0.4, -0.2) is 21.3 Å². The van der Waals surface area contributed by atoms with E-state index in [1.807, 2.05) is 49.1 Å². The van der Waals surface area contributed by atoms with E-state index in [4.69, 9.17) is 9.47 Å². The third kappa shape index (κ3) is 4.41. The third-order valence-electron chi connectivity index (χ3n) is 8.79. The molecule has 9 rings (SSSR count). The van der Waals surface area contributed by atoms with Crippen molar-refractivity contribution in [3.05, 3.63) is 152 Å². The highest BCUT2D eigenvalue weighted by Crippen LogP contribution is 2.44. The molecule has 0 atom stereocenters. The second-order valence-corrected chi connectivity index (χ2v) is 11.4. The van der Waals surface area contributed by atoms with Crippen LogP contribution in [-0.2, 0) is 0 Å². The summed E-state index contributed by atoms with van der Waals surface area (Å²) in [6.45, 7) is 0.151. The van der Waals surface area contributed by atoms with Crippen LogP contribution in [0.25, 0.3) is 72.0 Å². The van der Waals surface area contributed by atoms with Crippen molar-refractivity contribution >= 4 is 21.8 Å². The van der Waals surface area contributed by atoms with Crippen LogP contribution in [0.2, 0.25) is 0 Å². The van der Waals surface area contributed by atoms with E-state index in [9.17, 15) is 0 Å². The van der Waals surface area contributed by atoms with Crippen LogP contribution in [0.3, 0.4) is 0 Å². The first kappa shape index (κ1) is 26.2. The van der Waals surface area contributed by atoms with Gasteiger partial charge in [0.25, 0.3) is 0 Å². The molecule has 0 spiro atoms. The highest BCUT2D eigenvalue weighted by Gasteiger charge is 2.20. The molecule has 0 fully saturated rings. The number of rotatable bonds is 4. The maximum atomic E-state index is 6.14. The topological polar surface area (TPSA) is 49.2 Å². The average molecular weight is 594 g/mol. The second kappa shape index (κ2) is 10.8. The molecule has 4 heterocycles. The van der Waals surface area contributed by atoms with Gasteiger partial charge in [-0.15, -0.1) is 0 Å². The van der Waals surface area contributed by atoms with Crippen LogP contribution in [0.5, 0.6) is 11.5 Å². The van der Waals surface area contributed by atoms with Crippen molar-refractivity contribution in [3.8, 4) is 61.7 Å². The normalized spacial score (nSPS) is 12.2. The summed E-state index contributed by atoms with van der Waals surface area (Å²) in [7, 11) is 0. The van der Waals surface area contributed by atoms with Crippen LogP contribution in [0.4, 0.5) is 0 Å². The summed E-state index contributed by atoms with van der Waals surface area (Å²) in [5.41, 5.74) is 12.0. The van der Waals surface area contributed by atoms with Crippen molar-refractivity contribution in [2.24, 2.45) is 0 Å². The zero-order chi connectivity index (χ0) is 30.5. The molecule has 0 saturated carbocycles. The molecule has 5 aromatic carbocycles. The maximum Gasteiger partial charge on any atom is 0.230 e. The first-order chi connectivity index (χ1) is 22.8. The molecule has 218 valence electrons. The minimum Gasteiger partial charge on any atom is -0.457 e. The van der Waals surface area contributed by atoms with Gasteiger partial charge >= 0.3 is 0 Å². The lowest BCUT2D eigenvalue weighted by atomic mass is 9.92. The van der Waals surface area contributed by atoms with E-state index in [-0.39, 0.29) is 6.79 Å².